The molecule has 3 aromatic rings. The Morgan fingerprint density at radius 3 is 2.83 bits per heavy atom. The fraction of sp³-hybridized carbons (Fsp3) is 0.176. The zero-order chi connectivity index (χ0) is 16.4. The number of thioether (sulfide) groups is 1. The molecule has 1 aliphatic heterocycles. The summed E-state index contributed by atoms with van der Waals surface area (Å²) in [6, 6.07) is 12.8. The van der Waals surface area contributed by atoms with E-state index in [1.54, 1.807) is 18.2 Å². The number of oxazole rings is 1. The van der Waals surface area contributed by atoms with Gasteiger partial charge >= 0.3 is 0 Å². The normalized spacial score (nSPS) is 13.0. The molecule has 0 unspecified atom stereocenters. The number of para-hydroxylation sites is 2. The topological polar surface area (TPSA) is 73.6 Å². The molecule has 0 atom stereocenters. The number of hydrogen-bond donors (Lipinski definition) is 1. The van der Waals surface area contributed by atoms with Crippen LogP contribution in [-0.4, -0.2) is 29.9 Å². The molecule has 0 aliphatic carbocycles. The zero-order valence-corrected chi connectivity index (χ0v) is 13.5. The first-order chi connectivity index (χ1) is 11.8. The van der Waals surface area contributed by atoms with Gasteiger partial charge < -0.3 is 19.2 Å². The summed E-state index contributed by atoms with van der Waals surface area (Å²) < 4.78 is 16.5. The SMILES string of the molecule is O=C(CSc1nc2ccccc2o1)Nc1ccc2c(c1)OCCO2. The van der Waals surface area contributed by atoms with E-state index in [4.69, 9.17) is 13.9 Å². The van der Waals surface area contributed by atoms with Crippen LogP contribution in [0.4, 0.5) is 5.69 Å². The van der Waals surface area contributed by atoms with Gasteiger partial charge in [-0.25, -0.2) is 4.98 Å². The van der Waals surface area contributed by atoms with Crippen molar-refractivity contribution in [1.82, 2.24) is 4.98 Å². The number of carbonyl (C=O) groups excluding carboxylic acids is 1. The Labute approximate surface area is 142 Å². The molecule has 24 heavy (non-hydrogen) atoms. The molecule has 122 valence electrons. The van der Waals surface area contributed by atoms with Crippen molar-refractivity contribution in [3.63, 3.8) is 0 Å². The van der Waals surface area contributed by atoms with E-state index in [0.29, 0.717) is 41.2 Å². The average Bonchev–Trinajstić information content (AvgIpc) is 3.03. The van der Waals surface area contributed by atoms with Gasteiger partial charge in [0.15, 0.2) is 17.1 Å². The fourth-order valence-corrected chi connectivity index (χ4v) is 3.00. The highest BCUT2D eigenvalue weighted by Crippen LogP contribution is 2.32. The molecule has 6 nitrogen and oxygen atoms in total. The molecule has 0 spiro atoms. The van der Waals surface area contributed by atoms with Crippen LogP contribution in [0.5, 0.6) is 11.5 Å². The Balaban J connectivity index is 1.38. The Morgan fingerprint density at radius 2 is 1.96 bits per heavy atom. The van der Waals surface area contributed by atoms with Crippen LogP contribution in [0, 0.1) is 0 Å². The molecule has 0 saturated carbocycles. The lowest BCUT2D eigenvalue weighted by atomic mass is 10.2. The van der Waals surface area contributed by atoms with Crippen LogP contribution in [-0.2, 0) is 4.79 Å². The molecule has 0 radical (unpaired) electrons. The first kappa shape index (κ1) is 14.9. The van der Waals surface area contributed by atoms with Crippen LogP contribution < -0.4 is 14.8 Å². The van der Waals surface area contributed by atoms with Crippen molar-refractivity contribution in [3.8, 4) is 11.5 Å². The van der Waals surface area contributed by atoms with Crippen LogP contribution >= 0.6 is 11.8 Å². The summed E-state index contributed by atoms with van der Waals surface area (Å²) in [4.78, 5) is 16.4. The van der Waals surface area contributed by atoms with Gasteiger partial charge in [-0.2, -0.15) is 0 Å². The largest absolute Gasteiger partial charge is 0.486 e. The molecule has 1 aromatic heterocycles. The average molecular weight is 342 g/mol. The highest BCUT2D eigenvalue weighted by molar-refractivity contribution is 7.99. The highest BCUT2D eigenvalue weighted by atomic mass is 32.2. The first-order valence-electron chi connectivity index (χ1n) is 7.46. The quantitative estimate of drug-likeness (QED) is 0.733. The van der Waals surface area contributed by atoms with Crippen molar-refractivity contribution in [2.24, 2.45) is 0 Å². The lowest BCUT2D eigenvalue weighted by Crippen LogP contribution is -2.17. The van der Waals surface area contributed by atoms with Gasteiger partial charge in [-0.1, -0.05) is 23.9 Å². The van der Waals surface area contributed by atoms with Crippen LogP contribution in [0.25, 0.3) is 11.1 Å². The maximum Gasteiger partial charge on any atom is 0.257 e. The van der Waals surface area contributed by atoms with Gasteiger partial charge in [0.2, 0.25) is 5.91 Å². The molecule has 1 aliphatic rings. The fourth-order valence-electron chi connectivity index (χ4n) is 2.36. The third-order valence-electron chi connectivity index (χ3n) is 3.43. The third-order valence-corrected chi connectivity index (χ3v) is 4.26. The Bertz CT molecular complexity index is 860. The summed E-state index contributed by atoms with van der Waals surface area (Å²) in [5.74, 6) is 1.41. The van der Waals surface area contributed by atoms with Crippen LogP contribution in [0.1, 0.15) is 0 Å². The Morgan fingerprint density at radius 1 is 1.12 bits per heavy atom. The lowest BCUT2D eigenvalue weighted by molar-refractivity contribution is -0.113. The summed E-state index contributed by atoms with van der Waals surface area (Å²) in [7, 11) is 0. The second-order valence-corrected chi connectivity index (χ2v) is 6.07. The van der Waals surface area contributed by atoms with E-state index >= 15 is 0 Å². The van der Waals surface area contributed by atoms with Crippen LogP contribution in [0.15, 0.2) is 52.1 Å². The molecule has 7 heteroatoms. The number of nitrogens with one attached hydrogen (secondary N) is 1. The van der Waals surface area contributed by atoms with Crippen molar-refractivity contribution in [1.29, 1.82) is 0 Å². The maximum atomic E-state index is 12.1. The third kappa shape index (κ3) is 3.16. The second-order valence-electron chi connectivity index (χ2n) is 5.14. The number of aromatic nitrogens is 1. The minimum atomic E-state index is -0.140. The molecule has 2 heterocycles. The van der Waals surface area contributed by atoms with E-state index in [9.17, 15) is 4.79 Å². The highest BCUT2D eigenvalue weighted by Gasteiger charge is 2.13. The van der Waals surface area contributed by atoms with E-state index in [-0.39, 0.29) is 11.7 Å². The van der Waals surface area contributed by atoms with E-state index < -0.39 is 0 Å². The van der Waals surface area contributed by atoms with Gasteiger partial charge in [0, 0.05) is 11.8 Å². The summed E-state index contributed by atoms with van der Waals surface area (Å²) in [6.45, 7) is 1.05. The predicted molar refractivity (Wildman–Crippen MR) is 90.8 cm³/mol. The van der Waals surface area contributed by atoms with Gasteiger partial charge in [-0.05, 0) is 24.3 Å². The monoisotopic (exact) mass is 342 g/mol. The molecule has 0 bridgehead atoms. The number of carbonyl (C=O) groups is 1. The number of fused-ring (bicyclic) bond motifs is 2. The molecule has 4 rings (SSSR count). The summed E-state index contributed by atoms with van der Waals surface area (Å²) in [5, 5.41) is 3.31. The van der Waals surface area contributed by atoms with E-state index in [1.165, 1.54) is 11.8 Å². The number of rotatable bonds is 4. The number of amides is 1. The number of benzene rings is 2. The minimum Gasteiger partial charge on any atom is -0.486 e. The minimum absolute atomic E-state index is 0.140. The van der Waals surface area contributed by atoms with Crippen molar-refractivity contribution in [2.75, 3.05) is 24.3 Å². The smallest absolute Gasteiger partial charge is 0.257 e. The van der Waals surface area contributed by atoms with Gasteiger partial charge in [-0.15, -0.1) is 0 Å². The molecular formula is C17H14N2O4S. The molecule has 1 amide bonds. The van der Waals surface area contributed by atoms with Gasteiger partial charge in [-0.3, -0.25) is 4.79 Å². The van der Waals surface area contributed by atoms with Gasteiger partial charge in [0.1, 0.15) is 18.7 Å². The van der Waals surface area contributed by atoms with Crippen molar-refractivity contribution in [3.05, 3.63) is 42.5 Å². The second kappa shape index (κ2) is 6.45. The van der Waals surface area contributed by atoms with E-state index in [0.717, 1.165) is 5.52 Å². The number of nitrogens with zero attached hydrogens (tertiary/aromatic N) is 1. The number of ether oxygens (including phenoxy) is 2. The van der Waals surface area contributed by atoms with Crippen LogP contribution in [0.3, 0.4) is 0 Å². The number of hydrogen-bond acceptors (Lipinski definition) is 6. The Hall–Kier alpha value is -2.67. The molecular weight excluding hydrogens is 328 g/mol. The standard InChI is InChI=1S/C17H14N2O4S/c20-16(10-24-17-19-12-3-1-2-4-13(12)23-17)18-11-5-6-14-15(9-11)22-8-7-21-14/h1-6,9H,7-8,10H2,(H,18,20). The summed E-state index contributed by atoms with van der Waals surface area (Å²) in [6.07, 6.45) is 0. The maximum absolute atomic E-state index is 12.1. The number of anilines is 1. The van der Waals surface area contributed by atoms with Crippen LogP contribution in [0.2, 0.25) is 0 Å². The first-order valence-corrected chi connectivity index (χ1v) is 8.44. The van der Waals surface area contributed by atoms with Gasteiger partial charge in [0.25, 0.3) is 5.22 Å². The lowest BCUT2D eigenvalue weighted by Gasteiger charge is -2.18. The summed E-state index contributed by atoms with van der Waals surface area (Å²) >= 11 is 1.26. The molecule has 0 saturated heterocycles. The molecule has 1 N–H and O–H groups in total. The molecule has 0 fully saturated rings. The molecule has 2 aromatic carbocycles. The van der Waals surface area contributed by atoms with Crippen molar-refractivity contribution in [2.45, 2.75) is 5.22 Å². The van der Waals surface area contributed by atoms with Crippen molar-refractivity contribution >= 4 is 34.5 Å². The Kier molecular flexibility index (Phi) is 4.00. The van der Waals surface area contributed by atoms with E-state index in [1.807, 2.05) is 24.3 Å². The zero-order valence-electron chi connectivity index (χ0n) is 12.7. The summed E-state index contributed by atoms with van der Waals surface area (Å²) in [5.41, 5.74) is 2.17. The predicted octanol–water partition coefficient (Wildman–Crippen LogP) is 3.33. The van der Waals surface area contributed by atoms with E-state index in [2.05, 4.69) is 10.3 Å². The van der Waals surface area contributed by atoms with Gasteiger partial charge in [0.05, 0.1) is 5.75 Å². The van der Waals surface area contributed by atoms with Crippen molar-refractivity contribution < 1.29 is 18.7 Å².